The number of ether oxygens (including phenoxy) is 1. The molecule has 0 aliphatic carbocycles. The first-order chi connectivity index (χ1) is 8.95. The summed E-state index contributed by atoms with van der Waals surface area (Å²) in [6.45, 7) is 4.83. The van der Waals surface area contributed by atoms with Crippen molar-refractivity contribution in [2.45, 2.75) is 32.3 Å². The number of hydrogen-bond donors (Lipinski definition) is 1. The second-order valence-electron chi connectivity index (χ2n) is 5.18. The number of carbonyl (C=O) groups is 1. The third-order valence-corrected chi connectivity index (χ3v) is 3.41. The van der Waals surface area contributed by atoms with Gasteiger partial charge in [-0.25, -0.2) is 0 Å². The smallest absolute Gasteiger partial charge is 0.270 e. The van der Waals surface area contributed by atoms with Gasteiger partial charge in [0.1, 0.15) is 5.75 Å². The van der Waals surface area contributed by atoms with Crippen molar-refractivity contribution < 1.29 is 9.53 Å². The normalized spacial score (nSPS) is 17.1. The van der Waals surface area contributed by atoms with E-state index in [1.807, 2.05) is 6.07 Å². The number of nitrogens with zero attached hydrogens (tertiary/aromatic N) is 1. The Balaban J connectivity index is 2.33. The molecule has 0 saturated carbocycles. The number of carbonyl (C=O) groups excluding carboxylic acids is 1. The van der Waals surface area contributed by atoms with E-state index in [9.17, 15) is 4.79 Å². The lowest BCUT2D eigenvalue weighted by Gasteiger charge is -2.38. The SMILES string of the molecule is CC1(C)Oc2ccc(Cl)cc2N(CCCCN)C1=O. The second-order valence-corrected chi connectivity index (χ2v) is 5.61. The van der Waals surface area contributed by atoms with E-state index in [0.717, 1.165) is 18.5 Å². The molecule has 0 spiro atoms. The molecular formula is C14H19ClN2O2. The third-order valence-electron chi connectivity index (χ3n) is 3.17. The Hall–Kier alpha value is -1.26. The van der Waals surface area contributed by atoms with Gasteiger partial charge in [0, 0.05) is 11.6 Å². The molecule has 1 heterocycles. The fourth-order valence-corrected chi connectivity index (χ4v) is 2.34. The molecule has 1 amide bonds. The zero-order chi connectivity index (χ0) is 14.0. The van der Waals surface area contributed by atoms with Crippen LogP contribution in [-0.4, -0.2) is 24.6 Å². The first-order valence-corrected chi connectivity index (χ1v) is 6.84. The molecule has 0 bridgehead atoms. The Morgan fingerprint density at radius 3 is 2.79 bits per heavy atom. The molecule has 0 unspecified atom stereocenters. The summed E-state index contributed by atoms with van der Waals surface area (Å²) in [6.07, 6.45) is 1.76. The summed E-state index contributed by atoms with van der Waals surface area (Å²) in [5.74, 6) is 0.654. The molecule has 0 fully saturated rings. The Labute approximate surface area is 118 Å². The molecule has 0 saturated heterocycles. The van der Waals surface area contributed by atoms with Crippen LogP contribution in [0.5, 0.6) is 5.75 Å². The first-order valence-electron chi connectivity index (χ1n) is 6.46. The summed E-state index contributed by atoms with van der Waals surface area (Å²) in [4.78, 5) is 14.2. The summed E-state index contributed by atoms with van der Waals surface area (Å²) in [5, 5.41) is 0.596. The minimum Gasteiger partial charge on any atom is -0.476 e. The topological polar surface area (TPSA) is 55.6 Å². The molecule has 1 aliphatic rings. The molecule has 4 nitrogen and oxygen atoms in total. The van der Waals surface area contributed by atoms with Crippen molar-refractivity contribution in [2.75, 3.05) is 18.0 Å². The van der Waals surface area contributed by atoms with Crippen LogP contribution >= 0.6 is 11.6 Å². The second kappa shape index (κ2) is 5.39. The monoisotopic (exact) mass is 282 g/mol. The van der Waals surface area contributed by atoms with Crippen molar-refractivity contribution in [1.29, 1.82) is 0 Å². The van der Waals surface area contributed by atoms with E-state index in [2.05, 4.69) is 0 Å². The molecular weight excluding hydrogens is 264 g/mol. The zero-order valence-electron chi connectivity index (χ0n) is 11.3. The van der Waals surface area contributed by atoms with Gasteiger partial charge < -0.3 is 15.4 Å². The molecule has 0 aromatic heterocycles. The van der Waals surface area contributed by atoms with E-state index >= 15 is 0 Å². The number of rotatable bonds is 4. The number of anilines is 1. The Kier molecular flexibility index (Phi) is 4.02. The Morgan fingerprint density at radius 1 is 1.37 bits per heavy atom. The average molecular weight is 283 g/mol. The van der Waals surface area contributed by atoms with Gasteiger partial charge in [-0.15, -0.1) is 0 Å². The maximum Gasteiger partial charge on any atom is 0.270 e. The highest BCUT2D eigenvalue weighted by Crippen LogP contribution is 2.39. The van der Waals surface area contributed by atoms with Gasteiger partial charge in [-0.1, -0.05) is 11.6 Å². The summed E-state index contributed by atoms with van der Waals surface area (Å²) < 4.78 is 5.75. The number of benzene rings is 1. The Morgan fingerprint density at radius 2 is 2.11 bits per heavy atom. The molecule has 0 atom stereocenters. The quantitative estimate of drug-likeness (QED) is 0.864. The molecule has 2 rings (SSSR count). The number of hydrogen-bond acceptors (Lipinski definition) is 3. The molecule has 104 valence electrons. The maximum absolute atomic E-state index is 12.4. The zero-order valence-corrected chi connectivity index (χ0v) is 12.0. The number of unbranched alkanes of at least 4 members (excludes halogenated alkanes) is 1. The molecule has 2 N–H and O–H groups in total. The number of halogens is 1. The van der Waals surface area contributed by atoms with Crippen LogP contribution in [0.1, 0.15) is 26.7 Å². The summed E-state index contributed by atoms with van der Waals surface area (Å²) in [5.41, 5.74) is 5.40. The first kappa shape index (κ1) is 14.2. The largest absolute Gasteiger partial charge is 0.476 e. The predicted octanol–water partition coefficient (Wildman–Crippen LogP) is 2.58. The third kappa shape index (κ3) is 2.85. The molecule has 5 heteroatoms. The van der Waals surface area contributed by atoms with Crippen molar-refractivity contribution >= 4 is 23.2 Å². The molecule has 1 aromatic carbocycles. The Bertz CT molecular complexity index is 488. The van der Waals surface area contributed by atoms with E-state index in [1.165, 1.54) is 0 Å². The van der Waals surface area contributed by atoms with Crippen LogP contribution in [0.25, 0.3) is 0 Å². The van der Waals surface area contributed by atoms with Crippen LogP contribution in [-0.2, 0) is 4.79 Å². The van der Waals surface area contributed by atoms with Crippen LogP contribution < -0.4 is 15.4 Å². The summed E-state index contributed by atoms with van der Waals surface area (Å²) in [7, 11) is 0. The fraction of sp³-hybridized carbons (Fsp3) is 0.500. The van der Waals surface area contributed by atoms with Gasteiger partial charge in [-0.3, -0.25) is 4.79 Å². The lowest BCUT2D eigenvalue weighted by atomic mass is 10.0. The fourth-order valence-electron chi connectivity index (χ4n) is 2.18. The number of amides is 1. The van der Waals surface area contributed by atoms with Crippen molar-refractivity contribution in [2.24, 2.45) is 5.73 Å². The van der Waals surface area contributed by atoms with E-state index in [4.69, 9.17) is 22.1 Å². The molecule has 19 heavy (non-hydrogen) atoms. The van der Waals surface area contributed by atoms with Crippen LogP contribution in [0, 0.1) is 0 Å². The maximum atomic E-state index is 12.4. The highest BCUT2D eigenvalue weighted by Gasteiger charge is 2.40. The number of nitrogens with two attached hydrogens (primary N) is 1. The van der Waals surface area contributed by atoms with Crippen LogP contribution in [0.2, 0.25) is 5.02 Å². The molecule has 1 aliphatic heterocycles. The van der Waals surface area contributed by atoms with Crippen molar-refractivity contribution in [3.63, 3.8) is 0 Å². The van der Waals surface area contributed by atoms with Gasteiger partial charge in [0.05, 0.1) is 5.69 Å². The van der Waals surface area contributed by atoms with E-state index in [1.54, 1.807) is 30.9 Å². The van der Waals surface area contributed by atoms with Crippen molar-refractivity contribution in [3.8, 4) is 5.75 Å². The highest BCUT2D eigenvalue weighted by atomic mass is 35.5. The molecule has 1 aromatic rings. The van der Waals surface area contributed by atoms with E-state index < -0.39 is 5.60 Å². The van der Waals surface area contributed by atoms with E-state index in [-0.39, 0.29) is 5.91 Å². The van der Waals surface area contributed by atoms with Crippen molar-refractivity contribution in [3.05, 3.63) is 23.2 Å². The van der Waals surface area contributed by atoms with Gasteiger partial charge in [0.2, 0.25) is 0 Å². The lowest BCUT2D eigenvalue weighted by Crippen LogP contribution is -2.52. The van der Waals surface area contributed by atoms with E-state index in [0.29, 0.717) is 23.9 Å². The van der Waals surface area contributed by atoms with Gasteiger partial charge in [-0.2, -0.15) is 0 Å². The predicted molar refractivity (Wildman–Crippen MR) is 76.8 cm³/mol. The highest BCUT2D eigenvalue weighted by molar-refractivity contribution is 6.31. The van der Waals surface area contributed by atoms with Crippen LogP contribution in [0.15, 0.2) is 18.2 Å². The average Bonchev–Trinajstić information content (AvgIpc) is 2.35. The molecule has 0 radical (unpaired) electrons. The summed E-state index contributed by atoms with van der Waals surface area (Å²) >= 11 is 6.01. The number of fused-ring (bicyclic) bond motifs is 1. The lowest BCUT2D eigenvalue weighted by molar-refractivity contribution is -0.132. The van der Waals surface area contributed by atoms with Crippen LogP contribution in [0.3, 0.4) is 0 Å². The summed E-state index contributed by atoms with van der Waals surface area (Å²) in [6, 6.07) is 5.35. The van der Waals surface area contributed by atoms with Gasteiger partial charge in [0.25, 0.3) is 5.91 Å². The van der Waals surface area contributed by atoms with Gasteiger partial charge in [0.15, 0.2) is 5.60 Å². The minimum atomic E-state index is -0.844. The van der Waals surface area contributed by atoms with Crippen molar-refractivity contribution in [1.82, 2.24) is 0 Å². The standard InChI is InChI=1S/C14H19ClN2O2/c1-14(2)13(18)17(8-4-3-7-16)11-9-10(15)5-6-12(11)19-14/h5-6,9H,3-4,7-8,16H2,1-2H3. The van der Waals surface area contributed by atoms with Gasteiger partial charge >= 0.3 is 0 Å². The minimum absolute atomic E-state index is 0.0423. The van der Waals surface area contributed by atoms with Crippen LogP contribution in [0.4, 0.5) is 5.69 Å². The van der Waals surface area contributed by atoms with Gasteiger partial charge in [-0.05, 0) is 51.4 Å².